The topological polar surface area (TPSA) is 21.3 Å². The average molecular weight is 215 g/mol. The van der Waals surface area contributed by atoms with Crippen molar-refractivity contribution in [2.45, 2.75) is 44.1 Å². The van der Waals surface area contributed by atoms with Gasteiger partial charge < -0.3 is 10.1 Å². The molecule has 2 aliphatic heterocycles. The fraction of sp³-hybridized carbons (Fsp3) is 1.00. The van der Waals surface area contributed by atoms with Crippen molar-refractivity contribution < 1.29 is 4.74 Å². The third kappa shape index (κ3) is 1.59. The van der Waals surface area contributed by atoms with E-state index in [0.717, 1.165) is 13.2 Å². The summed E-state index contributed by atoms with van der Waals surface area (Å²) >= 11 is 2.06. The molecular weight excluding hydrogens is 194 g/mol. The van der Waals surface area contributed by atoms with Gasteiger partial charge in [-0.25, -0.2) is 0 Å². The van der Waals surface area contributed by atoms with E-state index >= 15 is 0 Å². The van der Waals surface area contributed by atoms with E-state index in [1.165, 1.54) is 12.2 Å². The Hall–Kier alpha value is 0.270. The van der Waals surface area contributed by atoms with Crippen molar-refractivity contribution >= 4 is 11.8 Å². The molecule has 3 heteroatoms. The van der Waals surface area contributed by atoms with Crippen LogP contribution in [0.25, 0.3) is 0 Å². The maximum atomic E-state index is 6.13. The van der Waals surface area contributed by atoms with E-state index in [9.17, 15) is 0 Å². The van der Waals surface area contributed by atoms with Gasteiger partial charge in [0.05, 0.1) is 12.2 Å². The van der Waals surface area contributed by atoms with Crippen molar-refractivity contribution in [3.05, 3.63) is 0 Å². The first-order chi connectivity index (χ1) is 6.67. The Balaban J connectivity index is 2.19. The van der Waals surface area contributed by atoms with Crippen LogP contribution in [-0.4, -0.2) is 35.8 Å². The van der Waals surface area contributed by atoms with Crippen molar-refractivity contribution in [3.63, 3.8) is 0 Å². The maximum Gasteiger partial charge on any atom is 0.0960 e. The summed E-state index contributed by atoms with van der Waals surface area (Å²) in [4.78, 5) is 0. The third-order valence-electron chi connectivity index (χ3n) is 3.58. The second-order valence-corrected chi connectivity index (χ2v) is 6.19. The van der Waals surface area contributed by atoms with Gasteiger partial charge in [-0.1, -0.05) is 20.8 Å². The van der Waals surface area contributed by atoms with Crippen LogP contribution in [0.15, 0.2) is 0 Å². The lowest BCUT2D eigenvalue weighted by atomic mass is 9.81. The lowest BCUT2D eigenvalue weighted by Crippen LogP contribution is -2.62. The highest BCUT2D eigenvalue weighted by atomic mass is 32.2. The van der Waals surface area contributed by atoms with E-state index < -0.39 is 0 Å². The van der Waals surface area contributed by atoms with E-state index in [0.29, 0.717) is 17.2 Å². The van der Waals surface area contributed by atoms with Crippen LogP contribution < -0.4 is 5.32 Å². The molecular formula is C11H21NOS. The SMILES string of the molecule is CC(C)C1NCCOC12CCSC2C. The van der Waals surface area contributed by atoms with Crippen LogP contribution in [0.4, 0.5) is 0 Å². The third-order valence-corrected chi connectivity index (χ3v) is 4.92. The van der Waals surface area contributed by atoms with E-state index in [4.69, 9.17) is 4.74 Å². The molecule has 2 nitrogen and oxygen atoms in total. The lowest BCUT2D eigenvalue weighted by Gasteiger charge is -2.46. The number of morpholine rings is 1. The number of hydrogen-bond acceptors (Lipinski definition) is 3. The number of nitrogens with one attached hydrogen (secondary N) is 1. The van der Waals surface area contributed by atoms with Crippen LogP contribution in [0.3, 0.4) is 0 Å². The Morgan fingerprint density at radius 1 is 1.50 bits per heavy atom. The van der Waals surface area contributed by atoms with Gasteiger partial charge in [0.2, 0.25) is 0 Å². The first kappa shape index (κ1) is 10.8. The Morgan fingerprint density at radius 3 is 2.86 bits per heavy atom. The molecule has 0 aromatic carbocycles. The van der Waals surface area contributed by atoms with Gasteiger partial charge in [-0.05, 0) is 18.1 Å². The minimum atomic E-state index is 0.122. The zero-order valence-electron chi connectivity index (χ0n) is 9.38. The van der Waals surface area contributed by atoms with Gasteiger partial charge in [0.1, 0.15) is 0 Å². The average Bonchev–Trinajstić information content (AvgIpc) is 2.49. The van der Waals surface area contributed by atoms with Gasteiger partial charge in [-0.15, -0.1) is 0 Å². The Kier molecular flexibility index (Phi) is 3.10. The molecule has 0 amide bonds. The first-order valence-electron chi connectivity index (χ1n) is 5.66. The molecule has 2 heterocycles. The molecule has 2 fully saturated rings. The molecule has 0 aromatic rings. The van der Waals surface area contributed by atoms with Gasteiger partial charge >= 0.3 is 0 Å². The van der Waals surface area contributed by atoms with Gasteiger partial charge in [0.15, 0.2) is 0 Å². The standard InChI is InChI=1S/C11H21NOS/c1-8(2)10-11(13-6-5-12-10)4-7-14-9(11)3/h8-10,12H,4-7H2,1-3H3. The first-order valence-corrected chi connectivity index (χ1v) is 6.70. The minimum absolute atomic E-state index is 0.122. The van der Waals surface area contributed by atoms with Crippen molar-refractivity contribution in [1.82, 2.24) is 5.32 Å². The van der Waals surface area contributed by atoms with Gasteiger partial charge in [-0.2, -0.15) is 11.8 Å². The Labute approximate surface area is 91.2 Å². The van der Waals surface area contributed by atoms with Crippen molar-refractivity contribution in [2.24, 2.45) is 5.92 Å². The number of hydrogen-bond donors (Lipinski definition) is 1. The van der Waals surface area contributed by atoms with Crippen molar-refractivity contribution in [2.75, 3.05) is 18.9 Å². The predicted molar refractivity (Wildman–Crippen MR) is 61.8 cm³/mol. The molecule has 0 aliphatic carbocycles. The second kappa shape index (κ2) is 4.03. The molecule has 0 bridgehead atoms. The summed E-state index contributed by atoms with van der Waals surface area (Å²) in [5, 5.41) is 4.28. The largest absolute Gasteiger partial charge is 0.371 e. The number of ether oxygens (including phenoxy) is 1. The van der Waals surface area contributed by atoms with Gasteiger partial charge in [-0.3, -0.25) is 0 Å². The molecule has 0 saturated carbocycles. The molecule has 2 rings (SSSR count). The van der Waals surface area contributed by atoms with Crippen LogP contribution >= 0.6 is 11.8 Å². The summed E-state index contributed by atoms with van der Waals surface area (Å²) in [5.41, 5.74) is 0.122. The van der Waals surface area contributed by atoms with Crippen molar-refractivity contribution in [1.29, 1.82) is 0 Å². The van der Waals surface area contributed by atoms with E-state index in [1.54, 1.807) is 0 Å². The van der Waals surface area contributed by atoms with E-state index in [-0.39, 0.29) is 5.60 Å². The summed E-state index contributed by atoms with van der Waals surface area (Å²) in [6.07, 6.45) is 1.22. The zero-order chi connectivity index (χ0) is 10.2. The smallest absolute Gasteiger partial charge is 0.0960 e. The quantitative estimate of drug-likeness (QED) is 0.722. The minimum Gasteiger partial charge on any atom is -0.371 e. The van der Waals surface area contributed by atoms with Crippen molar-refractivity contribution in [3.8, 4) is 0 Å². The molecule has 1 spiro atoms. The summed E-state index contributed by atoms with van der Waals surface area (Å²) in [5.74, 6) is 1.92. The molecule has 3 unspecified atom stereocenters. The number of rotatable bonds is 1. The molecule has 3 atom stereocenters. The summed E-state index contributed by atoms with van der Waals surface area (Å²) in [7, 11) is 0. The molecule has 0 radical (unpaired) electrons. The molecule has 82 valence electrons. The summed E-state index contributed by atoms with van der Waals surface area (Å²) < 4.78 is 6.13. The Bertz CT molecular complexity index is 209. The zero-order valence-corrected chi connectivity index (χ0v) is 10.2. The monoisotopic (exact) mass is 215 g/mol. The normalized spacial score (nSPS) is 43.7. The second-order valence-electron chi connectivity index (χ2n) is 4.74. The highest BCUT2D eigenvalue weighted by Gasteiger charge is 2.50. The fourth-order valence-electron chi connectivity index (χ4n) is 2.86. The molecule has 2 aliphatic rings. The summed E-state index contributed by atoms with van der Waals surface area (Å²) in [6.45, 7) is 8.81. The van der Waals surface area contributed by atoms with Crippen LogP contribution in [0.1, 0.15) is 27.2 Å². The van der Waals surface area contributed by atoms with Gasteiger partial charge in [0.25, 0.3) is 0 Å². The Morgan fingerprint density at radius 2 is 2.29 bits per heavy atom. The van der Waals surface area contributed by atoms with Crippen LogP contribution in [0.5, 0.6) is 0 Å². The van der Waals surface area contributed by atoms with Crippen LogP contribution in [-0.2, 0) is 4.74 Å². The maximum absolute atomic E-state index is 6.13. The highest BCUT2D eigenvalue weighted by molar-refractivity contribution is 8.00. The van der Waals surface area contributed by atoms with Gasteiger partial charge in [0, 0.05) is 17.8 Å². The van der Waals surface area contributed by atoms with Crippen LogP contribution in [0.2, 0.25) is 0 Å². The number of thioether (sulfide) groups is 1. The fourth-order valence-corrected chi connectivity index (χ4v) is 4.26. The molecule has 1 N–H and O–H groups in total. The van der Waals surface area contributed by atoms with E-state index in [2.05, 4.69) is 37.8 Å². The highest BCUT2D eigenvalue weighted by Crippen LogP contribution is 2.43. The molecule has 2 saturated heterocycles. The molecule has 0 aromatic heterocycles. The molecule has 14 heavy (non-hydrogen) atoms. The lowest BCUT2D eigenvalue weighted by molar-refractivity contribution is -0.103. The van der Waals surface area contributed by atoms with Crippen LogP contribution in [0, 0.1) is 5.92 Å². The summed E-state index contributed by atoms with van der Waals surface area (Å²) in [6, 6.07) is 0.543. The van der Waals surface area contributed by atoms with E-state index in [1.807, 2.05) is 0 Å². The predicted octanol–water partition coefficient (Wildman–Crippen LogP) is 1.90.